The van der Waals surface area contributed by atoms with Crippen LogP contribution in [0.15, 0.2) is 12.1 Å². The minimum absolute atomic E-state index is 0.138. The average Bonchev–Trinajstić information content (AvgIpc) is 2.40. The van der Waals surface area contributed by atoms with Crippen molar-refractivity contribution in [2.75, 3.05) is 13.7 Å². The fourth-order valence-corrected chi connectivity index (χ4v) is 2.77. The molecule has 0 bridgehead atoms. The summed E-state index contributed by atoms with van der Waals surface area (Å²) in [4.78, 5) is 0. The van der Waals surface area contributed by atoms with Crippen LogP contribution in [0, 0.1) is 17.5 Å². The molecular formula is C15H20F3NO. The Labute approximate surface area is 117 Å². The van der Waals surface area contributed by atoms with E-state index in [0.717, 1.165) is 31.7 Å². The van der Waals surface area contributed by atoms with Crippen molar-refractivity contribution in [3.8, 4) is 0 Å². The smallest absolute Gasteiger partial charge is 0.194 e. The van der Waals surface area contributed by atoms with Gasteiger partial charge in [-0.1, -0.05) is 13.0 Å². The van der Waals surface area contributed by atoms with Crippen LogP contribution >= 0.6 is 0 Å². The second kappa shape index (κ2) is 6.14. The SMILES string of the molecule is CCCNC(c1ccc(F)c(F)c1F)C1(OC)CCC1. The molecule has 1 N–H and O–H groups in total. The number of rotatable bonds is 6. The Bertz CT molecular complexity index is 469. The van der Waals surface area contributed by atoms with E-state index in [-0.39, 0.29) is 5.56 Å². The molecule has 2 nitrogen and oxygen atoms in total. The Balaban J connectivity index is 2.38. The summed E-state index contributed by atoms with van der Waals surface area (Å²) in [6.07, 6.45) is 3.41. The second-order valence-electron chi connectivity index (χ2n) is 5.27. The average molecular weight is 287 g/mol. The van der Waals surface area contributed by atoms with Crippen LogP contribution in [-0.4, -0.2) is 19.3 Å². The minimum Gasteiger partial charge on any atom is -0.376 e. The van der Waals surface area contributed by atoms with Crippen molar-refractivity contribution in [3.05, 3.63) is 35.1 Å². The summed E-state index contributed by atoms with van der Waals surface area (Å²) in [5.74, 6) is -3.71. The van der Waals surface area contributed by atoms with Gasteiger partial charge in [0.05, 0.1) is 11.6 Å². The number of methoxy groups -OCH3 is 1. The molecule has 1 aromatic rings. The second-order valence-corrected chi connectivity index (χ2v) is 5.27. The maximum Gasteiger partial charge on any atom is 0.194 e. The number of hydrogen-bond acceptors (Lipinski definition) is 2. The number of benzene rings is 1. The predicted molar refractivity (Wildman–Crippen MR) is 70.9 cm³/mol. The molecule has 0 spiro atoms. The van der Waals surface area contributed by atoms with Crippen LogP contribution in [0.4, 0.5) is 13.2 Å². The summed E-state index contributed by atoms with van der Waals surface area (Å²) < 4.78 is 46.2. The minimum atomic E-state index is -1.42. The van der Waals surface area contributed by atoms with Gasteiger partial charge in [0.2, 0.25) is 0 Å². The molecule has 1 aliphatic rings. The fraction of sp³-hybridized carbons (Fsp3) is 0.600. The molecule has 112 valence electrons. The summed E-state index contributed by atoms with van der Waals surface area (Å²) in [6.45, 7) is 2.65. The zero-order valence-electron chi connectivity index (χ0n) is 11.8. The molecule has 1 aromatic carbocycles. The first kappa shape index (κ1) is 15.3. The van der Waals surface area contributed by atoms with Gasteiger partial charge in [0, 0.05) is 12.7 Å². The van der Waals surface area contributed by atoms with E-state index in [1.807, 2.05) is 6.92 Å². The topological polar surface area (TPSA) is 21.3 Å². The highest BCUT2D eigenvalue weighted by Gasteiger charge is 2.46. The van der Waals surface area contributed by atoms with Crippen molar-refractivity contribution in [3.63, 3.8) is 0 Å². The Morgan fingerprint density at radius 2 is 1.95 bits per heavy atom. The lowest BCUT2D eigenvalue weighted by atomic mass is 9.72. The number of ether oxygens (including phenoxy) is 1. The zero-order chi connectivity index (χ0) is 14.8. The highest BCUT2D eigenvalue weighted by molar-refractivity contribution is 5.27. The first-order valence-electron chi connectivity index (χ1n) is 6.97. The Morgan fingerprint density at radius 1 is 1.25 bits per heavy atom. The van der Waals surface area contributed by atoms with Crippen molar-refractivity contribution >= 4 is 0 Å². The molecule has 0 aliphatic heterocycles. The molecule has 1 atom stereocenters. The van der Waals surface area contributed by atoms with Crippen molar-refractivity contribution in [2.24, 2.45) is 0 Å². The molecule has 1 aliphatic carbocycles. The van der Waals surface area contributed by atoms with Gasteiger partial charge in [-0.3, -0.25) is 0 Å². The van der Waals surface area contributed by atoms with Crippen LogP contribution in [0.1, 0.15) is 44.2 Å². The third-order valence-electron chi connectivity index (χ3n) is 4.11. The lowest BCUT2D eigenvalue weighted by molar-refractivity contribution is -0.100. The molecule has 1 unspecified atom stereocenters. The van der Waals surface area contributed by atoms with Gasteiger partial charge in [-0.25, -0.2) is 13.2 Å². The third kappa shape index (κ3) is 2.56. The maximum atomic E-state index is 14.1. The highest BCUT2D eigenvalue weighted by Crippen LogP contribution is 2.45. The van der Waals surface area contributed by atoms with E-state index in [4.69, 9.17) is 4.74 Å². The molecule has 0 amide bonds. The van der Waals surface area contributed by atoms with Crippen molar-refractivity contribution in [1.82, 2.24) is 5.32 Å². The quantitative estimate of drug-likeness (QED) is 0.805. The molecule has 20 heavy (non-hydrogen) atoms. The van der Waals surface area contributed by atoms with Gasteiger partial charge in [0.1, 0.15) is 0 Å². The maximum absolute atomic E-state index is 14.1. The van der Waals surface area contributed by atoms with E-state index in [9.17, 15) is 13.2 Å². The van der Waals surface area contributed by atoms with Gasteiger partial charge in [-0.05, 0) is 38.3 Å². The third-order valence-corrected chi connectivity index (χ3v) is 4.11. The molecule has 0 radical (unpaired) electrons. The Kier molecular flexibility index (Phi) is 4.70. The van der Waals surface area contributed by atoms with Crippen molar-refractivity contribution in [2.45, 2.75) is 44.2 Å². The lowest BCUT2D eigenvalue weighted by Gasteiger charge is -2.47. The Hall–Kier alpha value is -1.07. The van der Waals surface area contributed by atoms with Crippen LogP contribution in [0.3, 0.4) is 0 Å². The summed E-state index contributed by atoms with van der Waals surface area (Å²) in [6, 6.07) is 1.81. The first-order valence-corrected chi connectivity index (χ1v) is 6.97. The van der Waals surface area contributed by atoms with Crippen molar-refractivity contribution in [1.29, 1.82) is 0 Å². The lowest BCUT2D eigenvalue weighted by Crippen LogP contribution is -2.51. The van der Waals surface area contributed by atoms with Crippen LogP contribution in [-0.2, 0) is 4.74 Å². The van der Waals surface area contributed by atoms with Crippen LogP contribution in [0.2, 0.25) is 0 Å². The molecule has 0 aromatic heterocycles. The first-order chi connectivity index (χ1) is 9.55. The van der Waals surface area contributed by atoms with Gasteiger partial charge in [-0.15, -0.1) is 0 Å². The van der Waals surface area contributed by atoms with E-state index < -0.39 is 29.1 Å². The summed E-state index contributed by atoms with van der Waals surface area (Å²) in [7, 11) is 1.58. The van der Waals surface area contributed by atoms with Gasteiger partial charge < -0.3 is 10.1 Å². The van der Waals surface area contributed by atoms with E-state index >= 15 is 0 Å². The Morgan fingerprint density at radius 3 is 2.45 bits per heavy atom. The fourth-order valence-electron chi connectivity index (χ4n) is 2.77. The highest BCUT2D eigenvalue weighted by atomic mass is 19.2. The monoisotopic (exact) mass is 287 g/mol. The molecule has 0 heterocycles. The largest absolute Gasteiger partial charge is 0.376 e. The van der Waals surface area contributed by atoms with Gasteiger partial charge >= 0.3 is 0 Å². The molecule has 0 saturated heterocycles. The molecule has 2 rings (SSSR count). The molecule has 1 saturated carbocycles. The summed E-state index contributed by atoms with van der Waals surface area (Å²) >= 11 is 0. The normalized spacial score (nSPS) is 18.6. The predicted octanol–water partition coefficient (Wildman–Crippen LogP) is 3.71. The van der Waals surface area contributed by atoms with Crippen LogP contribution in [0.25, 0.3) is 0 Å². The molecule has 1 fully saturated rings. The van der Waals surface area contributed by atoms with Gasteiger partial charge in [0.15, 0.2) is 17.5 Å². The van der Waals surface area contributed by atoms with E-state index in [1.165, 1.54) is 6.07 Å². The van der Waals surface area contributed by atoms with E-state index in [0.29, 0.717) is 6.54 Å². The standard InChI is InChI=1S/C15H20F3NO/c1-3-9-19-14(15(20-2)7-4-8-15)10-5-6-11(16)13(18)12(10)17/h5-6,14,19H,3-4,7-9H2,1-2H3. The number of hydrogen-bond donors (Lipinski definition) is 1. The molecular weight excluding hydrogens is 267 g/mol. The summed E-state index contributed by atoms with van der Waals surface area (Å²) in [5, 5.41) is 3.21. The van der Waals surface area contributed by atoms with Crippen molar-refractivity contribution < 1.29 is 17.9 Å². The van der Waals surface area contributed by atoms with Gasteiger partial charge in [0.25, 0.3) is 0 Å². The molecule has 5 heteroatoms. The number of nitrogens with one attached hydrogen (secondary N) is 1. The summed E-state index contributed by atoms with van der Waals surface area (Å²) in [5.41, 5.74) is -0.390. The van der Waals surface area contributed by atoms with Gasteiger partial charge in [-0.2, -0.15) is 0 Å². The number of halogens is 3. The van der Waals surface area contributed by atoms with Crippen LogP contribution < -0.4 is 5.32 Å². The van der Waals surface area contributed by atoms with E-state index in [1.54, 1.807) is 7.11 Å². The zero-order valence-corrected chi connectivity index (χ0v) is 11.8. The van der Waals surface area contributed by atoms with Crippen LogP contribution in [0.5, 0.6) is 0 Å². The van der Waals surface area contributed by atoms with E-state index in [2.05, 4.69) is 5.32 Å².